The Labute approximate surface area is 114 Å². The van der Waals surface area contributed by atoms with E-state index in [9.17, 15) is 0 Å². The molecule has 1 aliphatic heterocycles. The Hall–Kier alpha value is -1.16. The fourth-order valence-electron chi connectivity index (χ4n) is 2.65. The van der Waals surface area contributed by atoms with Crippen molar-refractivity contribution in [2.75, 3.05) is 19.6 Å². The molecule has 19 heavy (non-hydrogen) atoms. The first-order valence-electron chi connectivity index (χ1n) is 7.41. The van der Waals surface area contributed by atoms with E-state index in [0.717, 1.165) is 24.8 Å². The van der Waals surface area contributed by atoms with Gasteiger partial charge in [0.15, 0.2) is 5.82 Å². The van der Waals surface area contributed by atoms with Crippen molar-refractivity contribution in [3.05, 3.63) is 23.4 Å². The van der Waals surface area contributed by atoms with Crippen LogP contribution in [0.5, 0.6) is 0 Å². The van der Waals surface area contributed by atoms with E-state index in [4.69, 9.17) is 4.52 Å². The lowest BCUT2D eigenvalue weighted by Gasteiger charge is -2.30. The molecule has 2 aliphatic rings. The third-order valence-electron chi connectivity index (χ3n) is 4.01. The van der Waals surface area contributed by atoms with E-state index < -0.39 is 0 Å². The molecule has 1 aromatic rings. The van der Waals surface area contributed by atoms with Gasteiger partial charge in [-0.1, -0.05) is 16.8 Å². The van der Waals surface area contributed by atoms with E-state index in [1.165, 1.54) is 37.8 Å². The molecule has 0 amide bonds. The second-order valence-electron chi connectivity index (χ2n) is 6.15. The van der Waals surface area contributed by atoms with Crippen LogP contribution in [0, 0.1) is 0 Å². The molecule has 1 atom stereocenters. The van der Waals surface area contributed by atoms with Gasteiger partial charge in [-0.25, -0.2) is 0 Å². The zero-order chi connectivity index (χ0) is 13.2. The zero-order valence-corrected chi connectivity index (χ0v) is 11.9. The van der Waals surface area contributed by atoms with Gasteiger partial charge in [0.25, 0.3) is 0 Å². The van der Waals surface area contributed by atoms with Crippen molar-refractivity contribution >= 4 is 0 Å². The Balaban J connectivity index is 1.61. The SMILES string of the molecule is CC(C)=CCN1CCC[C@@H](c2noc(C3CC3)n2)C1. The molecule has 3 rings (SSSR count). The number of hydrogen-bond donors (Lipinski definition) is 0. The second-order valence-corrected chi connectivity index (χ2v) is 6.15. The summed E-state index contributed by atoms with van der Waals surface area (Å²) < 4.78 is 5.38. The lowest BCUT2D eigenvalue weighted by Crippen LogP contribution is -2.34. The van der Waals surface area contributed by atoms with Crippen LogP contribution in [-0.2, 0) is 0 Å². The van der Waals surface area contributed by atoms with Crippen LogP contribution in [0.2, 0.25) is 0 Å². The smallest absolute Gasteiger partial charge is 0.229 e. The first-order chi connectivity index (χ1) is 9.22. The Kier molecular flexibility index (Phi) is 3.69. The highest BCUT2D eigenvalue weighted by Crippen LogP contribution is 2.39. The summed E-state index contributed by atoms with van der Waals surface area (Å²) in [5.74, 6) is 2.82. The maximum atomic E-state index is 5.38. The van der Waals surface area contributed by atoms with Gasteiger partial charge in [-0.15, -0.1) is 0 Å². The molecule has 2 heterocycles. The van der Waals surface area contributed by atoms with Gasteiger partial charge in [0.2, 0.25) is 5.89 Å². The summed E-state index contributed by atoms with van der Waals surface area (Å²) in [6.07, 6.45) is 7.16. The van der Waals surface area contributed by atoms with Gasteiger partial charge in [-0.05, 0) is 46.1 Å². The van der Waals surface area contributed by atoms with Crippen LogP contribution in [0.1, 0.15) is 63.1 Å². The number of aromatic nitrogens is 2. The normalized spacial score (nSPS) is 24.4. The number of nitrogens with zero attached hydrogens (tertiary/aromatic N) is 3. The highest BCUT2D eigenvalue weighted by Gasteiger charge is 2.31. The molecular formula is C15H23N3O. The van der Waals surface area contributed by atoms with Gasteiger partial charge in [0, 0.05) is 24.9 Å². The topological polar surface area (TPSA) is 42.2 Å². The van der Waals surface area contributed by atoms with Crippen molar-refractivity contribution < 1.29 is 4.52 Å². The molecule has 0 bridgehead atoms. The first kappa shape index (κ1) is 12.9. The zero-order valence-electron chi connectivity index (χ0n) is 11.9. The minimum absolute atomic E-state index is 0.454. The van der Waals surface area contributed by atoms with Gasteiger partial charge in [-0.3, -0.25) is 4.90 Å². The minimum Gasteiger partial charge on any atom is -0.339 e. The molecule has 2 fully saturated rings. The standard InChI is InChI=1S/C15H23N3O/c1-11(2)7-9-18-8-3-4-13(10-18)14-16-15(19-17-14)12-5-6-12/h7,12-13H,3-6,8-10H2,1-2H3/t13-/m1/s1. The molecule has 104 valence electrons. The molecule has 1 aliphatic carbocycles. The van der Waals surface area contributed by atoms with E-state index >= 15 is 0 Å². The summed E-state index contributed by atoms with van der Waals surface area (Å²) in [6.45, 7) is 7.61. The van der Waals surface area contributed by atoms with Crippen LogP contribution in [0.15, 0.2) is 16.2 Å². The molecule has 0 radical (unpaired) electrons. The van der Waals surface area contributed by atoms with Crippen molar-refractivity contribution in [3.63, 3.8) is 0 Å². The molecule has 0 spiro atoms. The fourth-order valence-corrected chi connectivity index (χ4v) is 2.65. The Bertz CT molecular complexity index is 458. The third-order valence-corrected chi connectivity index (χ3v) is 4.01. The number of rotatable bonds is 4. The van der Waals surface area contributed by atoms with Gasteiger partial charge < -0.3 is 4.52 Å². The summed E-state index contributed by atoms with van der Waals surface area (Å²) in [5.41, 5.74) is 1.39. The van der Waals surface area contributed by atoms with Crippen LogP contribution in [-0.4, -0.2) is 34.7 Å². The van der Waals surface area contributed by atoms with Crippen LogP contribution < -0.4 is 0 Å². The largest absolute Gasteiger partial charge is 0.339 e. The Morgan fingerprint density at radius 1 is 1.32 bits per heavy atom. The quantitative estimate of drug-likeness (QED) is 0.781. The molecule has 4 nitrogen and oxygen atoms in total. The van der Waals surface area contributed by atoms with E-state index in [-0.39, 0.29) is 0 Å². The molecule has 1 saturated carbocycles. The van der Waals surface area contributed by atoms with Gasteiger partial charge >= 0.3 is 0 Å². The molecule has 0 N–H and O–H groups in total. The molecule has 0 aromatic carbocycles. The maximum Gasteiger partial charge on any atom is 0.229 e. The molecule has 1 saturated heterocycles. The monoisotopic (exact) mass is 261 g/mol. The minimum atomic E-state index is 0.454. The lowest BCUT2D eigenvalue weighted by molar-refractivity contribution is 0.220. The molecular weight excluding hydrogens is 238 g/mol. The average Bonchev–Trinajstić information content (AvgIpc) is 3.14. The van der Waals surface area contributed by atoms with Crippen molar-refractivity contribution in [1.82, 2.24) is 15.0 Å². The highest BCUT2D eigenvalue weighted by atomic mass is 16.5. The van der Waals surface area contributed by atoms with Crippen molar-refractivity contribution in [2.24, 2.45) is 0 Å². The second kappa shape index (κ2) is 5.45. The van der Waals surface area contributed by atoms with E-state index in [2.05, 4.69) is 35.0 Å². The van der Waals surface area contributed by atoms with E-state index in [0.29, 0.717) is 11.8 Å². The van der Waals surface area contributed by atoms with Crippen molar-refractivity contribution in [2.45, 2.75) is 51.4 Å². The number of likely N-dealkylation sites (tertiary alicyclic amines) is 1. The van der Waals surface area contributed by atoms with Crippen LogP contribution in [0.25, 0.3) is 0 Å². The van der Waals surface area contributed by atoms with Gasteiger partial charge in [-0.2, -0.15) is 4.98 Å². The Morgan fingerprint density at radius 3 is 2.89 bits per heavy atom. The van der Waals surface area contributed by atoms with Crippen molar-refractivity contribution in [1.29, 1.82) is 0 Å². The highest BCUT2D eigenvalue weighted by molar-refractivity contribution is 5.06. The van der Waals surface area contributed by atoms with Crippen LogP contribution in [0.3, 0.4) is 0 Å². The third kappa shape index (κ3) is 3.24. The predicted molar refractivity (Wildman–Crippen MR) is 74.1 cm³/mol. The lowest BCUT2D eigenvalue weighted by atomic mass is 9.97. The summed E-state index contributed by atoms with van der Waals surface area (Å²) in [5, 5.41) is 4.20. The van der Waals surface area contributed by atoms with Gasteiger partial charge in [0.1, 0.15) is 0 Å². The number of piperidine rings is 1. The maximum absolute atomic E-state index is 5.38. The first-order valence-corrected chi connectivity index (χ1v) is 7.41. The van der Waals surface area contributed by atoms with E-state index in [1.807, 2.05) is 0 Å². The number of hydrogen-bond acceptors (Lipinski definition) is 4. The summed E-state index contributed by atoms with van der Waals surface area (Å²) >= 11 is 0. The van der Waals surface area contributed by atoms with Crippen LogP contribution in [0.4, 0.5) is 0 Å². The summed E-state index contributed by atoms with van der Waals surface area (Å²) in [4.78, 5) is 7.10. The van der Waals surface area contributed by atoms with E-state index in [1.54, 1.807) is 0 Å². The number of allylic oxidation sites excluding steroid dienone is 1. The average molecular weight is 261 g/mol. The summed E-state index contributed by atoms with van der Waals surface area (Å²) in [6, 6.07) is 0. The van der Waals surface area contributed by atoms with Gasteiger partial charge in [0.05, 0.1) is 0 Å². The molecule has 1 aromatic heterocycles. The Morgan fingerprint density at radius 2 is 2.16 bits per heavy atom. The fraction of sp³-hybridized carbons (Fsp3) is 0.733. The summed E-state index contributed by atoms with van der Waals surface area (Å²) in [7, 11) is 0. The molecule has 0 unspecified atom stereocenters. The van der Waals surface area contributed by atoms with Crippen LogP contribution >= 0.6 is 0 Å². The van der Waals surface area contributed by atoms with Crippen molar-refractivity contribution in [3.8, 4) is 0 Å². The predicted octanol–water partition coefficient (Wildman–Crippen LogP) is 3.09. The molecule has 4 heteroatoms.